The fourth-order valence-electron chi connectivity index (χ4n) is 7.53. The molecular weight excluding hydrogens is 560 g/mol. The van der Waals surface area contributed by atoms with Crippen molar-refractivity contribution in [2.24, 2.45) is 0 Å². The first kappa shape index (κ1) is 29.4. The van der Waals surface area contributed by atoms with Crippen LogP contribution < -0.4 is 9.64 Å². The molecule has 0 saturated carbocycles. The first-order chi connectivity index (χ1) is 22.0. The van der Waals surface area contributed by atoms with E-state index in [2.05, 4.69) is 15.5 Å². The standard InChI is InChI=1S/C38H42N4O3/c1-27-24-28(14-16-32(27)33-11-5-7-13-36(33)45-2)37(43)42-26-31-15-17-35(41(31)25-29-10-4-6-12-34(29)42)38(44)40-22-18-30(19-23-40)39-20-8-3-9-21-39/h4-7,10-17,24,30H,3,8-9,18-23,25-26H2,1-2H3. The van der Waals surface area contributed by atoms with E-state index in [1.807, 2.05) is 89.5 Å². The Morgan fingerprint density at radius 1 is 0.756 bits per heavy atom. The number of nitrogens with zero attached hydrogens (tertiary/aromatic N) is 4. The summed E-state index contributed by atoms with van der Waals surface area (Å²) in [5.41, 5.74) is 7.28. The number of aryl methyl sites for hydroxylation is 1. The second kappa shape index (κ2) is 12.6. The molecule has 7 heteroatoms. The van der Waals surface area contributed by atoms with Crippen LogP contribution in [0.5, 0.6) is 5.75 Å². The molecule has 0 aliphatic carbocycles. The van der Waals surface area contributed by atoms with Gasteiger partial charge in [0.05, 0.1) is 20.2 Å². The Bertz CT molecular complexity index is 1710. The number of rotatable bonds is 5. The van der Waals surface area contributed by atoms with Gasteiger partial charge in [-0.2, -0.15) is 0 Å². The van der Waals surface area contributed by atoms with E-state index < -0.39 is 0 Å². The van der Waals surface area contributed by atoms with Crippen molar-refractivity contribution in [1.29, 1.82) is 0 Å². The predicted molar refractivity (Wildman–Crippen MR) is 178 cm³/mol. The van der Waals surface area contributed by atoms with Gasteiger partial charge in [0.1, 0.15) is 11.4 Å². The number of hydrogen-bond donors (Lipinski definition) is 0. The molecule has 0 unspecified atom stereocenters. The normalized spacial score (nSPS) is 17.4. The third-order valence-corrected chi connectivity index (χ3v) is 10.00. The molecule has 3 aliphatic heterocycles. The number of fused-ring (bicyclic) bond motifs is 2. The van der Waals surface area contributed by atoms with E-state index in [-0.39, 0.29) is 11.8 Å². The van der Waals surface area contributed by atoms with Crippen LogP contribution in [0.15, 0.2) is 78.9 Å². The zero-order valence-corrected chi connectivity index (χ0v) is 26.4. The molecule has 2 fully saturated rings. The molecule has 45 heavy (non-hydrogen) atoms. The molecular formula is C38H42N4O3. The van der Waals surface area contributed by atoms with Crippen molar-refractivity contribution in [3.8, 4) is 16.9 Å². The number of hydrogen-bond acceptors (Lipinski definition) is 4. The summed E-state index contributed by atoms with van der Waals surface area (Å²) in [6.45, 7) is 6.98. The minimum absolute atomic E-state index is 0.0561. The summed E-state index contributed by atoms with van der Waals surface area (Å²) in [5.74, 6) is 0.844. The van der Waals surface area contributed by atoms with Gasteiger partial charge in [0.25, 0.3) is 11.8 Å². The van der Waals surface area contributed by atoms with Crippen molar-refractivity contribution >= 4 is 17.5 Å². The number of carbonyl (C=O) groups is 2. The number of carbonyl (C=O) groups excluding carboxylic acids is 2. The van der Waals surface area contributed by atoms with Crippen molar-refractivity contribution in [1.82, 2.24) is 14.4 Å². The molecule has 7 rings (SSSR count). The van der Waals surface area contributed by atoms with Gasteiger partial charge in [-0.1, -0.05) is 48.9 Å². The molecule has 3 aliphatic rings. The van der Waals surface area contributed by atoms with Crippen LogP contribution in [-0.4, -0.2) is 65.5 Å². The lowest BCUT2D eigenvalue weighted by molar-refractivity contribution is 0.0580. The highest BCUT2D eigenvalue weighted by molar-refractivity contribution is 6.07. The van der Waals surface area contributed by atoms with Gasteiger partial charge < -0.3 is 24.0 Å². The van der Waals surface area contributed by atoms with Gasteiger partial charge in [0, 0.05) is 41.6 Å². The zero-order valence-electron chi connectivity index (χ0n) is 26.4. The molecule has 1 aromatic heterocycles. The van der Waals surface area contributed by atoms with Crippen LogP contribution in [0.2, 0.25) is 0 Å². The number of para-hydroxylation sites is 2. The summed E-state index contributed by atoms with van der Waals surface area (Å²) in [5, 5.41) is 0. The van der Waals surface area contributed by atoms with Gasteiger partial charge in [-0.3, -0.25) is 9.59 Å². The lowest BCUT2D eigenvalue weighted by atomic mass is 9.97. The summed E-state index contributed by atoms with van der Waals surface area (Å²) in [4.78, 5) is 34.7. The first-order valence-corrected chi connectivity index (χ1v) is 16.4. The van der Waals surface area contributed by atoms with E-state index >= 15 is 0 Å². The molecule has 0 radical (unpaired) electrons. The molecule has 7 nitrogen and oxygen atoms in total. The van der Waals surface area contributed by atoms with Gasteiger partial charge in [-0.25, -0.2) is 0 Å². The predicted octanol–water partition coefficient (Wildman–Crippen LogP) is 6.77. The van der Waals surface area contributed by atoms with Crippen LogP contribution >= 0.6 is 0 Å². The third kappa shape index (κ3) is 5.66. The van der Waals surface area contributed by atoms with Gasteiger partial charge in [-0.15, -0.1) is 0 Å². The van der Waals surface area contributed by atoms with Gasteiger partial charge in [-0.05, 0) is 98.8 Å². The molecule has 2 amide bonds. The van der Waals surface area contributed by atoms with Crippen molar-refractivity contribution in [2.45, 2.75) is 58.2 Å². The van der Waals surface area contributed by atoms with Crippen LogP contribution in [0, 0.1) is 6.92 Å². The smallest absolute Gasteiger partial charge is 0.270 e. The average molecular weight is 603 g/mol. The molecule has 0 bridgehead atoms. The number of amides is 2. The Kier molecular flexibility index (Phi) is 8.19. The van der Waals surface area contributed by atoms with Crippen LogP contribution in [-0.2, 0) is 13.1 Å². The molecule has 4 aromatic rings. The average Bonchev–Trinajstić information content (AvgIpc) is 3.40. The molecule has 4 heterocycles. The Morgan fingerprint density at radius 2 is 1.51 bits per heavy atom. The largest absolute Gasteiger partial charge is 0.496 e. The lowest BCUT2D eigenvalue weighted by Gasteiger charge is -2.40. The van der Waals surface area contributed by atoms with Crippen molar-refractivity contribution in [2.75, 3.05) is 38.2 Å². The molecule has 0 atom stereocenters. The highest BCUT2D eigenvalue weighted by Crippen LogP contribution is 2.35. The van der Waals surface area contributed by atoms with E-state index in [1.54, 1.807) is 7.11 Å². The van der Waals surface area contributed by atoms with Crippen molar-refractivity contribution < 1.29 is 14.3 Å². The topological polar surface area (TPSA) is 58.0 Å². The molecule has 232 valence electrons. The van der Waals surface area contributed by atoms with Crippen LogP contribution in [0.3, 0.4) is 0 Å². The number of aromatic nitrogens is 1. The fourth-order valence-corrected chi connectivity index (χ4v) is 7.53. The summed E-state index contributed by atoms with van der Waals surface area (Å²) in [7, 11) is 1.68. The second-order valence-electron chi connectivity index (χ2n) is 12.7. The van der Waals surface area contributed by atoms with E-state index in [4.69, 9.17) is 4.74 Å². The number of piperidine rings is 2. The SMILES string of the molecule is COc1ccccc1-c1ccc(C(=O)N2Cc3ccc(C(=O)N4CCC(N5CCCCC5)CC4)n3Cc3ccccc32)cc1C. The maximum absolute atomic E-state index is 14.2. The summed E-state index contributed by atoms with van der Waals surface area (Å²) >= 11 is 0. The van der Waals surface area contributed by atoms with Crippen molar-refractivity contribution in [3.05, 3.63) is 107 Å². The molecule has 0 spiro atoms. The highest BCUT2D eigenvalue weighted by atomic mass is 16.5. The minimum Gasteiger partial charge on any atom is -0.496 e. The Hall–Kier alpha value is -4.36. The lowest BCUT2D eigenvalue weighted by Crippen LogP contribution is -2.48. The number of likely N-dealkylation sites (tertiary alicyclic amines) is 2. The maximum atomic E-state index is 14.2. The van der Waals surface area contributed by atoms with Gasteiger partial charge in [0.2, 0.25) is 0 Å². The Labute approximate surface area is 266 Å². The number of ether oxygens (including phenoxy) is 1. The monoisotopic (exact) mass is 602 g/mol. The van der Waals surface area contributed by atoms with Crippen LogP contribution in [0.4, 0.5) is 5.69 Å². The summed E-state index contributed by atoms with van der Waals surface area (Å²) in [6.07, 6.45) is 6.02. The first-order valence-electron chi connectivity index (χ1n) is 16.4. The van der Waals surface area contributed by atoms with Crippen molar-refractivity contribution in [3.63, 3.8) is 0 Å². The highest BCUT2D eigenvalue weighted by Gasteiger charge is 2.32. The van der Waals surface area contributed by atoms with Gasteiger partial charge in [0.15, 0.2) is 0 Å². The maximum Gasteiger partial charge on any atom is 0.270 e. The Balaban J connectivity index is 1.13. The van der Waals surface area contributed by atoms with E-state index in [1.165, 1.54) is 32.4 Å². The zero-order chi connectivity index (χ0) is 30.9. The third-order valence-electron chi connectivity index (χ3n) is 10.00. The Morgan fingerprint density at radius 3 is 2.29 bits per heavy atom. The number of methoxy groups -OCH3 is 1. The minimum atomic E-state index is -0.0561. The van der Waals surface area contributed by atoms with E-state index in [0.29, 0.717) is 30.4 Å². The molecule has 3 aromatic carbocycles. The van der Waals surface area contributed by atoms with E-state index in [0.717, 1.165) is 65.3 Å². The molecule has 2 saturated heterocycles. The summed E-state index contributed by atoms with van der Waals surface area (Å²) in [6, 6.07) is 26.5. The van der Waals surface area contributed by atoms with Crippen LogP contribution in [0.1, 0.15) is 69.8 Å². The number of benzene rings is 3. The van der Waals surface area contributed by atoms with E-state index in [9.17, 15) is 9.59 Å². The summed E-state index contributed by atoms with van der Waals surface area (Å²) < 4.78 is 7.72. The number of anilines is 1. The fraction of sp³-hybridized carbons (Fsp3) is 0.368. The van der Waals surface area contributed by atoms with Gasteiger partial charge >= 0.3 is 0 Å². The molecule has 0 N–H and O–H groups in total. The second-order valence-corrected chi connectivity index (χ2v) is 12.7. The van der Waals surface area contributed by atoms with Crippen LogP contribution in [0.25, 0.3) is 11.1 Å². The quantitative estimate of drug-likeness (QED) is 0.253.